The molecule has 1 aromatic carbocycles. The summed E-state index contributed by atoms with van der Waals surface area (Å²) in [5.41, 5.74) is 3.39. The summed E-state index contributed by atoms with van der Waals surface area (Å²) in [6.45, 7) is 0.00209. The maximum absolute atomic E-state index is 13.6. The molecule has 0 saturated heterocycles. The fourth-order valence-corrected chi connectivity index (χ4v) is 1.48. The van der Waals surface area contributed by atoms with Crippen molar-refractivity contribution in [2.45, 2.75) is 13.5 Å². The third kappa shape index (κ3) is 2.71. The van der Waals surface area contributed by atoms with Crippen LogP contribution in [0, 0.1) is 36.0 Å². The SMILES string of the molecule is Cc1c(F)c(F)c(COc2ncc(F)c(N)n2)c(F)c1F. The summed E-state index contributed by atoms with van der Waals surface area (Å²) in [6, 6.07) is -0.492. The van der Waals surface area contributed by atoms with Gasteiger partial charge in [-0.2, -0.15) is 4.98 Å². The summed E-state index contributed by atoms with van der Waals surface area (Å²) in [5.74, 6) is -7.66. The normalized spacial score (nSPS) is 10.8. The van der Waals surface area contributed by atoms with Crippen molar-refractivity contribution >= 4 is 5.82 Å². The smallest absolute Gasteiger partial charge is 0.318 e. The number of ether oxygens (including phenoxy) is 1. The van der Waals surface area contributed by atoms with Gasteiger partial charge in [-0.05, 0) is 6.92 Å². The monoisotopic (exact) mass is 305 g/mol. The Morgan fingerprint density at radius 2 is 1.62 bits per heavy atom. The molecule has 2 rings (SSSR count). The highest BCUT2D eigenvalue weighted by Crippen LogP contribution is 2.24. The minimum Gasteiger partial charge on any atom is -0.458 e. The molecule has 0 aliphatic carbocycles. The lowest BCUT2D eigenvalue weighted by Gasteiger charge is -2.10. The fourth-order valence-electron chi connectivity index (χ4n) is 1.48. The average molecular weight is 305 g/mol. The second-order valence-electron chi connectivity index (χ2n) is 4.03. The van der Waals surface area contributed by atoms with Gasteiger partial charge >= 0.3 is 6.01 Å². The van der Waals surface area contributed by atoms with Crippen molar-refractivity contribution in [1.82, 2.24) is 9.97 Å². The lowest BCUT2D eigenvalue weighted by molar-refractivity contribution is 0.263. The number of aromatic nitrogens is 2. The zero-order valence-corrected chi connectivity index (χ0v) is 10.6. The van der Waals surface area contributed by atoms with Gasteiger partial charge in [0.25, 0.3) is 0 Å². The number of rotatable bonds is 3. The molecule has 4 nitrogen and oxygen atoms in total. The molecule has 2 aromatic rings. The van der Waals surface area contributed by atoms with E-state index >= 15 is 0 Å². The van der Waals surface area contributed by atoms with Crippen molar-refractivity contribution in [2.24, 2.45) is 0 Å². The summed E-state index contributed by atoms with van der Waals surface area (Å²) in [7, 11) is 0. The van der Waals surface area contributed by atoms with E-state index in [1.807, 2.05) is 0 Å². The van der Waals surface area contributed by atoms with Crippen LogP contribution in [0.4, 0.5) is 27.8 Å². The molecule has 0 radical (unpaired) electrons. The maximum atomic E-state index is 13.6. The predicted octanol–water partition coefficient (Wildman–Crippen LogP) is 2.64. The first-order chi connectivity index (χ1) is 9.82. The number of halogens is 5. The molecule has 0 aliphatic heterocycles. The number of nitrogens with two attached hydrogens (primary N) is 1. The van der Waals surface area contributed by atoms with Gasteiger partial charge < -0.3 is 10.5 Å². The molecule has 0 aliphatic rings. The van der Waals surface area contributed by atoms with Crippen molar-refractivity contribution < 1.29 is 26.7 Å². The third-order valence-electron chi connectivity index (χ3n) is 2.67. The highest BCUT2D eigenvalue weighted by Gasteiger charge is 2.23. The van der Waals surface area contributed by atoms with Crippen LogP contribution in [0.1, 0.15) is 11.1 Å². The van der Waals surface area contributed by atoms with Crippen LogP contribution in [0.15, 0.2) is 6.20 Å². The first kappa shape index (κ1) is 14.9. The van der Waals surface area contributed by atoms with E-state index in [0.717, 1.165) is 6.92 Å². The topological polar surface area (TPSA) is 61.0 Å². The molecule has 9 heteroatoms. The molecule has 0 fully saturated rings. The summed E-state index contributed by atoms with van der Waals surface area (Å²) in [6.07, 6.45) is 0.681. The Kier molecular flexibility index (Phi) is 3.92. The van der Waals surface area contributed by atoms with Crippen LogP contribution in [0.3, 0.4) is 0 Å². The Morgan fingerprint density at radius 1 is 1.05 bits per heavy atom. The number of benzene rings is 1. The van der Waals surface area contributed by atoms with Gasteiger partial charge in [-0.25, -0.2) is 26.9 Å². The standard InChI is InChI=1S/C12H8F5N3O/c1-4-7(14)9(16)5(10(17)8(4)15)3-21-12-19-2-6(13)11(18)20-12/h2H,3H2,1H3,(H2,18,19,20). The molecule has 2 N–H and O–H groups in total. The second kappa shape index (κ2) is 5.51. The van der Waals surface area contributed by atoms with Gasteiger partial charge in [-0.15, -0.1) is 0 Å². The van der Waals surface area contributed by atoms with Crippen LogP contribution in [-0.2, 0) is 6.61 Å². The maximum Gasteiger partial charge on any atom is 0.318 e. The average Bonchev–Trinajstić information content (AvgIpc) is 2.46. The van der Waals surface area contributed by atoms with E-state index in [-0.39, 0.29) is 0 Å². The summed E-state index contributed by atoms with van der Waals surface area (Å²) in [5, 5.41) is 0. The van der Waals surface area contributed by atoms with Gasteiger partial charge in [0.1, 0.15) is 6.61 Å². The molecule has 0 saturated carbocycles. The number of nitrogens with zero attached hydrogens (tertiary/aromatic N) is 2. The van der Waals surface area contributed by atoms with E-state index in [0.29, 0.717) is 6.20 Å². The van der Waals surface area contributed by atoms with Gasteiger partial charge in [-0.3, -0.25) is 0 Å². The van der Waals surface area contributed by atoms with E-state index < -0.39 is 58.6 Å². The van der Waals surface area contributed by atoms with Crippen LogP contribution in [0.5, 0.6) is 6.01 Å². The molecule has 0 spiro atoms. The number of hydrogen-bond acceptors (Lipinski definition) is 4. The lowest BCUT2D eigenvalue weighted by atomic mass is 10.1. The fraction of sp³-hybridized carbons (Fsp3) is 0.167. The van der Waals surface area contributed by atoms with E-state index in [1.54, 1.807) is 0 Å². The van der Waals surface area contributed by atoms with Crippen molar-refractivity contribution in [3.63, 3.8) is 0 Å². The lowest BCUT2D eigenvalue weighted by Crippen LogP contribution is -2.10. The molecule has 112 valence electrons. The molecule has 0 unspecified atom stereocenters. The predicted molar refractivity (Wildman–Crippen MR) is 61.7 cm³/mol. The molecular formula is C12H8F5N3O. The minimum absolute atomic E-state index is 0.492. The number of nitrogen functional groups attached to an aromatic ring is 1. The van der Waals surface area contributed by atoms with E-state index in [1.165, 1.54) is 0 Å². The van der Waals surface area contributed by atoms with Crippen LogP contribution >= 0.6 is 0 Å². The quantitative estimate of drug-likeness (QED) is 0.699. The van der Waals surface area contributed by atoms with Crippen molar-refractivity contribution in [3.05, 3.63) is 46.4 Å². The number of anilines is 1. The largest absolute Gasteiger partial charge is 0.458 e. The Balaban J connectivity index is 2.30. The van der Waals surface area contributed by atoms with Gasteiger partial charge in [-0.1, -0.05) is 0 Å². The molecular weight excluding hydrogens is 297 g/mol. The van der Waals surface area contributed by atoms with Crippen molar-refractivity contribution in [3.8, 4) is 6.01 Å². The van der Waals surface area contributed by atoms with Gasteiger partial charge in [0.05, 0.1) is 11.8 Å². The van der Waals surface area contributed by atoms with Crippen LogP contribution in [0.25, 0.3) is 0 Å². The Bertz CT molecular complexity index is 679. The summed E-state index contributed by atoms with van der Waals surface area (Å²) in [4.78, 5) is 6.70. The first-order valence-electron chi connectivity index (χ1n) is 5.55. The van der Waals surface area contributed by atoms with E-state index in [4.69, 9.17) is 10.5 Å². The Morgan fingerprint density at radius 3 is 2.14 bits per heavy atom. The highest BCUT2D eigenvalue weighted by molar-refractivity contribution is 5.30. The zero-order chi connectivity index (χ0) is 15.7. The van der Waals surface area contributed by atoms with E-state index in [2.05, 4.69) is 9.97 Å². The Hall–Kier alpha value is -2.45. The second-order valence-corrected chi connectivity index (χ2v) is 4.03. The van der Waals surface area contributed by atoms with Crippen LogP contribution in [0.2, 0.25) is 0 Å². The van der Waals surface area contributed by atoms with Crippen LogP contribution in [-0.4, -0.2) is 9.97 Å². The molecule has 1 heterocycles. The minimum atomic E-state index is -1.58. The van der Waals surface area contributed by atoms with Crippen molar-refractivity contribution in [1.29, 1.82) is 0 Å². The summed E-state index contributed by atoms with van der Waals surface area (Å²) < 4.78 is 71.4. The highest BCUT2D eigenvalue weighted by atomic mass is 19.2. The zero-order valence-electron chi connectivity index (χ0n) is 10.6. The Labute approximate surface area is 115 Å². The van der Waals surface area contributed by atoms with E-state index in [9.17, 15) is 22.0 Å². The van der Waals surface area contributed by atoms with Gasteiger partial charge in [0.15, 0.2) is 34.9 Å². The molecule has 1 aromatic heterocycles. The molecule has 21 heavy (non-hydrogen) atoms. The van der Waals surface area contributed by atoms with Crippen LogP contribution < -0.4 is 10.5 Å². The summed E-state index contributed by atoms with van der Waals surface area (Å²) >= 11 is 0. The van der Waals surface area contributed by atoms with Gasteiger partial charge in [0.2, 0.25) is 0 Å². The molecule has 0 atom stereocenters. The third-order valence-corrected chi connectivity index (χ3v) is 2.67. The number of hydrogen-bond donors (Lipinski definition) is 1. The molecule has 0 amide bonds. The molecule has 0 bridgehead atoms. The van der Waals surface area contributed by atoms with Gasteiger partial charge in [0, 0.05) is 5.56 Å². The first-order valence-corrected chi connectivity index (χ1v) is 5.55. The van der Waals surface area contributed by atoms with Crippen molar-refractivity contribution in [2.75, 3.05) is 5.73 Å².